The first kappa shape index (κ1) is 30.3. The van der Waals surface area contributed by atoms with Gasteiger partial charge < -0.3 is 25.6 Å². The maximum absolute atomic E-state index is 13.1. The Morgan fingerprint density at radius 3 is 2.76 bits per heavy atom. The van der Waals surface area contributed by atoms with E-state index in [1.54, 1.807) is 12.4 Å². The lowest BCUT2D eigenvalue weighted by atomic mass is 9.45. The van der Waals surface area contributed by atoms with Crippen LogP contribution in [-0.4, -0.2) is 83.0 Å². The number of aliphatic hydroxyl groups excluding tert-OH is 2. The van der Waals surface area contributed by atoms with Crippen molar-refractivity contribution in [3.8, 4) is 0 Å². The van der Waals surface area contributed by atoms with Crippen LogP contribution in [0.1, 0.15) is 52.9 Å². The molecule has 2 aliphatic heterocycles. The zero-order valence-corrected chi connectivity index (χ0v) is 24.8. The second-order valence-electron chi connectivity index (χ2n) is 12.7. The Balaban J connectivity index is 1.47. The van der Waals surface area contributed by atoms with Crippen LogP contribution in [0.5, 0.6) is 0 Å². The Morgan fingerprint density at radius 2 is 2.12 bits per heavy atom. The molecule has 0 bridgehead atoms. The molecule has 4 N–H and O–H groups in total. The number of carbonyl (C=O) groups is 2. The molecule has 42 heavy (non-hydrogen) atoms. The van der Waals surface area contributed by atoms with Gasteiger partial charge in [-0.05, 0) is 68.1 Å². The van der Waals surface area contributed by atoms with Gasteiger partial charge in [-0.1, -0.05) is 32.1 Å². The van der Waals surface area contributed by atoms with E-state index in [1.165, 1.54) is 0 Å². The minimum Gasteiger partial charge on any atom is -0.458 e. The van der Waals surface area contributed by atoms with Crippen LogP contribution in [0, 0.1) is 22.7 Å². The van der Waals surface area contributed by atoms with Crippen LogP contribution in [0.2, 0.25) is 0 Å². The van der Waals surface area contributed by atoms with Crippen molar-refractivity contribution in [2.45, 2.75) is 77.1 Å². The van der Waals surface area contributed by atoms with Gasteiger partial charge in [0.2, 0.25) is 0 Å². The van der Waals surface area contributed by atoms with E-state index < -0.39 is 23.6 Å². The molecule has 0 radical (unpaired) electrons. The molecule has 8 atom stereocenters. The molecule has 0 spiro atoms. The van der Waals surface area contributed by atoms with Gasteiger partial charge in [0.1, 0.15) is 18.3 Å². The van der Waals surface area contributed by atoms with E-state index in [1.807, 2.05) is 38.1 Å². The Morgan fingerprint density at radius 1 is 1.31 bits per heavy atom. The minimum absolute atomic E-state index is 0.00682. The molecule has 4 aliphatic rings. The molecule has 5 rings (SSSR count). The third-order valence-corrected chi connectivity index (χ3v) is 10.3. The van der Waals surface area contributed by atoms with Gasteiger partial charge in [-0.25, -0.2) is 14.8 Å². The summed E-state index contributed by atoms with van der Waals surface area (Å²) in [7, 11) is 0. The molecular formula is C32H43N5O5. The summed E-state index contributed by atoms with van der Waals surface area (Å²) >= 11 is 0. The van der Waals surface area contributed by atoms with Crippen molar-refractivity contribution in [2.75, 3.05) is 25.1 Å². The van der Waals surface area contributed by atoms with Crippen molar-refractivity contribution in [3.05, 3.63) is 48.2 Å². The predicted octanol–water partition coefficient (Wildman–Crippen LogP) is 2.88. The van der Waals surface area contributed by atoms with Gasteiger partial charge in [0.15, 0.2) is 5.78 Å². The number of pyridine rings is 1. The lowest BCUT2D eigenvalue weighted by Gasteiger charge is -2.62. The van der Waals surface area contributed by atoms with Crippen LogP contribution >= 0.6 is 0 Å². The normalized spacial score (nSPS) is 33.8. The molecule has 10 heteroatoms. The number of aromatic nitrogens is 1. The predicted molar refractivity (Wildman–Crippen MR) is 161 cm³/mol. The van der Waals surface area contributed by atoms with Crippen molar-refractivity contribution in [1.82, 2.24) is 10.3 Å². The average Bonchev–Trinajstić information content (AvgIpc) is 3.66. The Bertz CT molecular complexity index is 1300. The van der Waals surface area contributed by atoms with Crippen LogP contribution < -0.4 is 10.6 Å². The SMILES string of the molecule is C=C1C(NC(C)C(=O)CC2=NCC=N2)CC2[C@](C)(CC[C@@H](O)[C@@]2(C)CO)C1CC(Nc1ccccn1)C1=CCOC1=O. The maximum atomic E-state index is 13.1. The van der Waals surface area contributed by atoms with Gasteiger partial charge in [0, 0.05) is 23.9 Å². The highest BCUT2D eigenvalue weighted by molar-refractivity contribution is 6.07. The van der Waals surface area contributed by atoms with Crippen molar-refractivity contribution in [1.29, 1.82) is 0 Å². The van der Waals surface area contributed by atoms with E-state index in [2.05, 4.69) is 39.1 Å². The van der Waals surface area contributed by atoms with Crippen LogP contribution in [0.15, 0.2) is 58.2 Å². The molecule has 0 amide bonds. The minimum atomic E-state index is -0.734. The van der Waals surface area contributed by atoms with Gasteiger partial charge in [-0.15, -0.1) is 0 Å². The summed E-state index contributed by atoms with van der Waals surface area (Å²) in [5, 5.41) is 28.8. The highest BCUT2D eigenvalue weighted by atomic mass is 16.5. The Labute approximate surface area is 247 Å². The standard InChI is InChI=1S/C32H43N5O5/c1-19-22(15-24(21-9-14-42-30(21)41)37-28-7-5-6-11-33-28)31(3)10-8-27(40)32(4,18-38)26(31)16-23(19)36-20(2)25(39)17-29-34-12-13-35-29/h5-7,9,11-12,20,22-24,26-27,36,38,40H,1,8,10,13-18H2,2-4H3,(H,33,37)/t20?,22?,23?,24?,26?,27-,31-,32+/m1/s1. The number of cyclic esters (lactones) is 1. The smallest absolute Gasteiger partial charge is 0.336 e. The largest absolute Gasteiger partial charge is 0.458 e. The first-order valence-corrected chi connectivity index (χ1v) is 14.9. The molecule has 0 saturated heterocycles. The fraction of sp³-hybridized carbons (Fsp3) is 0.594. The number of ether oxygens (including phenoxy) is 1. The molecule has 1 aromatic heterocycles. The fourth-order valence-electron chi connectivity index (χ4n) is 7.68. The first-order valence-electron chi connectivity index (χ1n) is 14.9. The number of hydrogen-bond acceptors (Lipinski definition) is 10. The number of amidine groups is 1. The summed E-state index contributed by atoms with van der Waals surface area (Å²) in [5.74, 6) is 0.665. The fourth-order valence-corrected chi connectivity index (χ4v) is 7.68. The van der Waals surface area contributed by atoms with Gasteiger partial charge in [-0.2, -0.15) is 0 Å². The molecular weight excluding hydrogens is 534 g/mol. The maximum Gasteiger partial charge on any atom is 0.336 e. The number of Topliss-reactive ketones (excluding diaryl/α,β-unsaturated/α-hetero) is 1. The second-order valence-corrected chi connectivity index (χ2v) is 12.7. The molecule has 226 valence electrons. The molecule has 2 fully saturated rings. The zero-order chi connectivity index (χ0) is 30.1. The lowest BCUT2D eigenvalue weighted by molar-refractivity contribution is -0.156. The van der Waals surface area contributed by atoms with Gasteiger partial charge in [0.05, 0.1) is 43.3 Å². The third-order valence-electron chi connectivity index (χ3n) is 10.3. The number of esters is 1. The van der Waals surface area contributed by atoms with Crippen molar-refractivity contribution in [2.24, 2.45) is 32.7 Å². The zero-order valence-electron chi connectivity index (χ0n) is 24.8. The second kappa shape index (κ2) is 12.2. The number of aliphatic imine (C=N–C) groups is 2. The number of fused-ring (bicyclic) bond motifs is 1. The molecule has 3 heterocycles. The summed E-state index contributed by atoms with van der Waals surface area (Å²) in [5.41, 5.74) is 0.466. The van der Waals surface area contributed by atoms with E-state index in [0.717, 1.165) is 12.0 Å². The number of ketones is 1. The van der Waals surface area contributed by atoms with E-state index in [4.69, 9.17) is 4.74 Å². The molecule has 0 aromatic carbocycles. The number of nitrogens with zero attached hydrogens (tertiary/aromatic N) is 3. The number of hydrogen-bond donors (Lipinski definition) is 4. The highest BCUT2D eigenvalue weighted by Crippen LogP contribution is 2.62. The molecule has 5 unspecified atom stereocenters. The number of nitrogens with one attached hydrogen (secondary N) is 2. The van der Waals surface area contributed by atoms with Crippen molar-refractivity contribution >= 4 is 29.6 Å². The topological polar surface area (TPSA) is 146 Å². The number of carbonyl (C=O) groups excluding carboxylic acids is 2. The number of anilines is 1. The van der Waals surface area contributed by atoms with Gasteiger partial charge in [0.25, 0.3) is 0 Å². The number of rotatable bonds is 11. The Hall–Kier alpha value is -3.21. The van der Waals surface area contributed by atoms with Crippen LogP contribution in [0.3, 0.4) is 0 Å². The summed E-state index contributed by atoms with van der Waals surface area (Å²) < 4.78 is 5.30. The summed E-state index contributed by atoms with van der Waals surface area (Å²) in [6.45, 7) is 11.2. The molecule has 2 saturated carbocycles. The first-order chi connectivity index (χ1) is 20.1. The quantitative estimate of drug-likeness (QED) is 0.232. The van der Waals surface area contributed by atoms with Gasteiger partial charge in [-0.3, -0.25) is 9.79 Å². The molecule has 10 nitrogen and oxygen atoms in total. The van der Waals surface area contributed by atoms with E-state index >= 15 is 0 Å². The van der Waals surface area contributed by atoms with E-state index in [-0.39, 0.29) is 54.7 Å². The van der Waals surface area contributed by atoms with Crippen molar-refractivity contribution < 1.29 is 24.5 Å². The van der Waals surface area contributed by atoms with Crippen LogP contribution in [-0.2, 0) is 14.3 Å². The van der Waals surface area contributed by atoms with E-state index in [9.17, 15) is 19.8 Å². The van der Waals surface area contributed by atoms with Crippen LogP contribution in [0.25, 0.3) is 0 Å². The van der Waals surface area contributed by atoms with Crippen LogP contribution in [0.4, 0.5) is 5.82 Å². The molecule has 1 aromatic rings. The Kier molecular flexibility index (Phi) is 8.78. The van der Waals surface area contributed by atoms with E-state index in [0.29, 0.717) is 43.0 Å². The number of aliphatic hydroxyl groups is 2. The van der Waals surface area contributed by atoms with Gasteiger partial charge >= 0.3 is 5.97 Å². The molecule has 2 aliphatic carbocycles. The monoisotopic (exact) mass is 577 g/mol. The summed E-state index contributed by atoms with van der Waals surface area (Å²) in [4.78, 5) is 38.8. The summed E-state index contributed by atoms with van der Waals surface area (Å²) in [6.07, 6.45) is 7.20. The third kappa shape index (κ3) is 5.72. The highest BCUT2D eigenvalue weighted by Gasteiger charge is 2.60. The summed E-state index contributed by atoms with van der Waals surface area (Å²) in [6, 6.07) is 4.49. The van der Waals surface area contributed by atoms with Crippen molar-refractivity contribution in [3.63, 3.8) is 0 Å². The lowest BCUT2D eigenvalue weighted by Crippen LogP contribution is -2.62. The average molecular weight is 578 g/mol.